The number of rotatable bonds is 5. The Morgan fingerprint density at radius 1 is 1.16 bits per heavy atom. The van der Waals surface area contributed by atoms with E-state index < -0.39 is 0 Å². The number of nitrogens with zero attached hydrogens (tertiary/aromatic N) is 2. The molecule has 0 bridgehead atoms. The van der Waals surface area contributed by atoms with Crippen molar-refractivity contribution in [3.05, 3.63) is 77.2 Å². The molecule has 0 saturated heterocycles. The van der Waals surface area contributed by atoms with Gasteiger partial charge in [0.05, 0.1) is 18.2 Å². The lowest BCUT2D eigenvalue weighted by molar-refractivity contribution is 0.0299. The number of nitrogens with two attached hydrogens (primary N) is 1. The van der Waals surface area contributed by atoms with Gasteiger partial charge in [0.1, 0.15) is 5.82 Å². The van der Waals surface area contributed by atoms with Gasteiger partial charge in [-0.25, -0.2) is 4.39 Å². The summed E-state index contributed by atoms with van der Waals surface area (Å²) in [5.41, 5.74) is 10.6. The molecule has 1 atom stereocenters. The first kappa shape index (κ1) is 20.0. The maximum absolute atomic E-state index is 13.5. The molecule has 0 fully saturated rings. The van der Waals surface area contributed by atoms with E-state index in [9.17, 15) is 9.18 Å². The third-order valence-electron chi connectivity index (χ3n) is 6.40. The lowest BCUT2D eigenvalue weighted by Gasteiger charge is -2.31. The first-order valence-electron chi connectivity index (χ1n) is 10.8. The number of carbonyl (C=O) groups excluding carboxylic acids is 1. The summed E-state index contributed by atoms with van der Waals surface area (Å²) in [5.74, 6) is -0.589. The van der Waals surface area contributed by atoms with E-state index in [4.69, 9.17) is 10.5 Å². The van der Waals surface area contributed by atoms with Gasteiger partial charge in [-0.3, -0.25) is 9.69 Å². The van der Waals surface area contributed by atoms with Gasteiger partial charge in [-0.05, 0) is 60.4 Å². The Morgan fingerprint density at radius 3 is 2.87 bits per heavy atom. The van der Waals surface area contributed by atoms with Gasteiger partial charge in [-0.2, -0.15) is 0 Å². The zero-order valence-electron chi connectivity index (χ0n) is 17.4. The number of carbonyl (C=O) groups is 1. The van der Waals surface area contributed by atoms with Gasteiger partial charge in [0.15, 0.2) is 0 Å². The Balaban J connectivity index is 1.23. The molecule has 3 aromatic rings. The smallest absolute Gasteiger partial charge is 0.248 e. The fourth-order valence-corrected chi connectivity index (χ4v) is 4.72. The van der Waals surface area contributed by atoms with Gasteiger partial charge in [0.2, 0.25) is 5.91 Å². The highest BCUT2D eigenvalue weighted by Gasteiger charge is 2.23. The molecule has 2 aliphatic heterocycles. The molecule has 6 heteroatoms. The molecule has 0 radical (unpaired) electrons. The molecule has 3 heterocycles. The number of hydrogen-bond acceptors (Lipinski definition) is 3. The maximum atomic E-state index is 13.5. The number of amides is 1. The van der Waals surface area contributed by atoms with Crippen molar-refractivity contribution in [2.24, 2.45) is 5.73 Å². The largest absolute Gasteiger partial charge is 0.373 e. The fraction of sp³-hybridized carbons (Fsp3) is 0.320. The molecule has 1 unspecified atom stereocenters. The predicted molar refractivity (Wildman–Crippen MR) is 119 cm³/mol. The van der Waals surface area contributed by atoms with Crippen LogP contribution < -0.4 is 5.73 Å². The summed E-state index contributed by atoms with van der Waals surface area (Å²) in [6.07, 6.45) is 7.03. The monoisotopic (exact) mass is 419 g/mol. The van der Waals surface area contributed by atoms with E-state index >= 15 is 0 Å². The zero-order chi connectivity index (χ0) is 21.4. The number of ether oxygens (including phenoxy) is 1. The van der Waals surface area contributed by atoms with Gasteiger partial charge < -0.3 is 15.0 Å². The molecule has 160 valence electrons. The van der Waals surface area contributed by atoms with Crippen molar-refractivity contribution >= 4 is 22.5 Å². The highest BCUT2D eigenvalue weighted by atomic mass is 19.1. The minimum absolute atomic E-state index is 0.0549. The number of hydrogen-bond donors (Lipinski definition) is 1. The van der Waals surface area contributed by atoms with Crippen molar-refractivity contribution in [2.75, 3.05) is 26.2 Å². The van der Waals surface area contributed by atoms with Crippen LogP contribution >= 0.6 is 0 Å². The molecular weight excluding hydrogens is 393 g/mol. The van der Waals surface area contributed by atoms with E-state index in [1.807, 2.05) is 30.5 Å². The van der Waals surface area contributed by atoms with E-state index in [2.05, 4.69) is 15.5 Å². The van der Waals surface area contributed by atoms with E-state index in [0.29, 0.717) is 12.2 Å². The van der Waals surface area contributed by atoms with Gasteiger partial charge in [-0.15, -0.1) is 0 Å². The second-order valence-corrected chi connectivity index (χ2v) is 8.31. The average molecular weight is 420 g/mol. The molecule has 5 nitrogen and oxygen atoms in total. The van der Waals surface area contributed by atoms with Crippen LogP contribution in [-0.4, -0.2) is 41.6 Å². The van der Waals surface area contributed by atoms with E-state index in [0.717, 1.165) is 49.8 Å². The Morgan fingerprint density at radius 2 is 2.06 bits per heavy atom. The number of benzene rings is 2. The van der Waals surface area contributed by atoms with Crippen molar-refractivity contribution in [3.63, 3.8) is 0 Å². The van der Waals surface area contributed by atoms with Crippen LogP contribution in [0.25, 0.3) is 16.6 Å². The van der Waals surface area contributed by atoms with Crippen LogP contribution in [0.2, 0.25) is 0 Å². The van der Waals surface area contributed by atoms with E-state index in [1.54, 1.807) is 12.1 Å². The third kappa shape index (κ3) is 4.01. The molecule has 2 aromatic carbocycles. The van der Waals surface area contributed by atoms with Crippen LogP contribution in [0.5, 0.6) is 0 Å². The van der Waals surface area contributed by atoms with Crippen LogP contribution in [0.4, 0.5) is 4.39 Å². The quantitative estimate of drug-likeness (QED) is 0.677. The second kappa shape index (κ2) is 8.29. The molecule has 2 N–H and O–H groups in total. The maximum Gasteiger partial charge on any atom is 0.248 e. The highest BCUT2D eigenvalue weighted by molar-refractivity contribution is 5.93. The van der Waals surface area contributed by atoms with Crippen molar-refractivity contribution < 1.29 is 13.9 Å². The van der Waals surface area contributed by atoms with Crippen LogP contribution in [-0.2, 0) is 11.2 Å². The lowest BCUT2D eigenvalue weighted by atomic mass is 9.93. The summed E-state index contributed by atoms with van der Waals surface area (Å²) >= 11 is 0. The predicted octanol–water partition coefficient (Wildman–Crippen LogP) is 4.13. The number of halogens is 1. The summed E-state index contributed by atoms with van der Waals surface area (Å²) in [4.78, 5) is 13.9. The Kier molecular flexibility index (Phi) is 5.34. The number of fused-ring (bicyclic) bond motifs is 2. The topological polar surface area (TPSA) is 60.5 Å². The van der Waals surface area contributed by atoms with Crippen LogP contribution in [0.3, 0.4) is 0 Å². The fourth-order valence-electron chi connectivity index (χ4n) is 4.72. The normalized spacial score (nSPS) is 19.3. The standard InChI is InChI=1S/C25H26FN3O2/c26-20-2-4-23-18(16-20)5-13-29(23)21-6-10-28(11-7-21)12-8-24-22-3-1-19(25(27)30)15-17(22)9-14-31-24/h1-6,13,15-16,24H,7-12,14H2,(H2,27,30). The molecule has 2 aliphatic rings. The number of aromatic nitrogens is 1. The first-order valence-corrected chi connectivity index (χ1v) is 10.8. The van der Waals surface area contributed by atoms with Gasteiger partial charge in [-0.1, -0.05) is 12.1 Å². The Bertz CT molecular complexity index is 1170. The summed E-state index contributed by atoms with van der Waals surface area (Å²) in [5, 5.41) is 0.927. The summed E-state index contributed by atoms with van der Waals surface area (Å²) in [6.45, 7) is 3.48. The Labute approximate surface area is 180 Å². The average Bonchev–Trinajstić information content (AvgIpc) is 3.20. The molecule has 0 saturated carbocycles. The van der Waals surface area contributed by atoms with Crippen LogP contribution in [0.15, 0.2) is 54.7 Å². The van der Waals surface area contributed by atoms with Crippen LogP contribution in [0, 0.1) is 5.82 Å². The Hall–Kier alpha value is -2.96. The minimum Gasteiger partial charge on any atom is -0.373 e. The van der Waals surface area contributed by atoms with Crippen molar-refractivity contribution in [1.82, 2.24) is 9.47 Å². The molecule has 1 amide bonds. The zero-order valence-corrected chi connectivity index (χ0v) is 17.4. The molecule has 5 rings (SSSR count). The van der Waals surface area contributed by atoms with Crippen LogP contribution in [0.1, 0.15) is 40.4 Å². The third-order valence-corrected chi connectivity index (χ3v) is 6.40. The molecule has 31 heavy (non-hydrogen) atoms. The SMILES string of the molecule is NC(=O)c1ccc2c(c1)CCOC2CCN1CC=C(n2ccc3cc(F)ccc32)CC1. The molecule has 0 spiro atoms. The lowest BCUT2D eigenvalue weighted by Crippen LogP contribution is -2.32. The summed E-state index contributed by atoms with van der Waals surface area (Å²) in [6, 6.07) is 12.6. The minimum atomic E-state index is -0.387. The second-order valence-electron chi connectivity index (χ2n) is 8.31. The van der Waals surface area contributed by atoms with Gasteiger partial charge in [0, 0.05) is 48.9 Å². The van der Waals surface area contributed by atoms with Crippen molar-refractivity contribution in [1.29, 1.82) is 0 Å². The molecule has 0 aliphatic carbocycles. The number of primary amides is 1. The van der Waals surface area contributed by atoms with E-state index in [1.165, 1.54) is 22.9 Å². The molecular formula is C25H26FN3O2. The summed E-state index contributed by atoms with van der Waals surface area (Å²) < 4.78 is 21.7. The van der Waals surface area contributed by atoms with Crippen molar-refractivity contribution in [3.8, 4) is 0 Å². The van der Waals surface area contributed by atoms with Crippen molar-refractivity contribution in [2.45, 2.75) is 25.4 Å². The van der Waals surface area contributed by atoms with Gasteiger partial charge >= 0.3 is 0 Å². The van der Waals surface area contributed by atoms with E-state index in [-0.39, 0.29) is 17.8 Å². The van der Waals surface area contributed by atoms with Gasteiger partial charge in [0.25, 0.3) is 0 Å². The highest BCUT2D eigenvalue weighted by Crippen LogP contribution is 2.31. The molecule has 1 aromatic heterocycles. The first-order chi connectivity index (χ1) is 15.1. The summed E-state index contributed by atoms with van der Waals surface area (Å²) in [7, 11) is 0.